The first-order valence-corrected chi connectivity index (χ1v) is 9.72. The Kier molecular flexibility index (Phi) is 5.77. The van der Waals surface area contributed by atoms with E-state index < -0.39 is 17.9 Å². The third-order valence-corrected chi connectivity index (χ3v) is 5.10. The number of hydrogen-bond donors (Lipinski definition) is 1. The summed E-state index contributed by atoms with van der Waals surface area (Å²) in [5, 5.41) is 7.90. The number of allylic oxidation sites excluding steroid dienone is 2. The van der Waals surface area contributed by atoms with Gasteiger partial charge in [-0.25, -0.2) is 14.1 Å². The van der Waals surface area contributed by atoms with Crippen LogP contribution in [0.3, 0.4) is 0 Å². The van der Waals surface area contributed by atoms with Crippen LogP contribution in [0.4, 0.5) is 0 Å². The molecule has 1 unspecified atom stereocenters. The van der Waals surface area contributed by atoms with Gasteiger partial charge in [0.05, 0.1) is 42.0 Å². The molecule has 3 rings (SSSR count). The number of methoxy groups -OCH3 is 1. The molecule has 7 nitrogen and oxygen atoms in total. The standard InChI is InChI=1S/C22H27N3O4/c1-7-29-22(27)17-14(5)23-13(4)16(21(26)28-6)19(17)18-15-10-8-9-11-25(15)24-20(18)12(2)3/h8-12,19,23H,7H2,1-6H3. The van der Waals surface area contributed by atoms with Crippen molar-refractivity contribution in [2.24, 2.45) is 0 Å². The Bertz CT molecular complexity index is 1030. The van der Waals surface area contributed by atoms with Crippen LogP contribution in [0, 0.1) is 0 Å². The second-order valence-electron chi connectivity index (χ2n) is 7.33. The summed E-state index contributed by atoms with van der Waals surface area (Å²) >= 11 is 0. The van der Waals surface area contributed by atoms with Crippen molar-refractivity contribution in [3.05, 3.63) is 58.2 Å². The van der Waals surface area contributed by atoms with Crippen LogP contribution in [0.1, 0.15) is 57.7 Å². The van der Waals surface area contributed by atoms with Gasteiger partial charge in [0.15, 0.2) is 0 Å². The van der Waals surface area contributed by atoms with Crippen LogP contribution in [0.25, 0.3) is 5.52 Å². The smallest absolute Gasteiger partial charge is 0.336 e. The van der Waals surface area contributed by atoms with Crippen molar-refractivity contribution in [3.8, 4) is 0 Å². The van der Waals surface area contributed by atoms with Gasteiger partial charge in [-0.2, -0.15) is 5.10 Å². The maximum Gasteiger partial charge on any atom is 0.336 e. The number of carbonyl (C=O) groups is 2. The van der Waals surface area contributed by atoms with Crippen LogP contribution in [0.5, 0.6) is 0 Å². The quantitative estimate of drug-likeness (QED) is 0.779. The van der Waals surface area contributed by atoms with Gasteiger partial charge in [0.1, 0.15) is 0 Å². The molecular formula is C22H27N3O4. The van der Waals surface area contributed by atoms with Gasteiger partial charge in [0.2, 0.25) is 0 Å². The molecule has 1 aliphatic heterocycles. The minimum Gasteiger partial charge on any atom is -0.466 e. The van der Waals surface area contributed by atoms with Crippen molar-refractivity contribution in [2.45, 2.75) is 46.5 Å². The van der Waals surface area contributed by atoms with Crippen molar-refractivity contribution >= 4 is 17.5 Å². The lowest BCUT2D eigenvalue weighted by molar-refractivity contribution is -0.139. The van der Waals surface area contributed by atoms with Crippen LogP contribution in [-0.2, 0) is 19.1 Å². The average molecular weight is 397 g/mol. The van der Waals surface area contributed by atoms with Gasteiger partial charge in [0.25, 0.3) is 0 Å². The van der Waals surface area contributed by atoms with E-state index >= 15 is 0 Å². The molecule has 0 saturated heterocycles. The molecule has 1 atom stereocenters. The molecule has 0 spiro atoms. The lowest BCUT2D eigenvalue weighted by Gasteiger charge is -2.30. The molecule has 1 aliphatic rings. The number of pyridine rings is 1. The van der Waals surface area contributed by atoms with Crippen LogP contribution in [0.2, 0.25) is 0 Å². The highest BCUT2D eigenvalue weighted by Gasteiger charge is 2.41. The Balaban J connectivity index is 2.38. The maximum absolute atomic E-state index is 13.0. The van der Waals surface area contributed by atoms with Gasteiger partial charge in [-0.15, -0.1) is 0 Å². The number of nitrogens with one attached hydrogen (secondary N) is 1. The Hall–Kier alpha value is -3.09. The maximum atomic E-state index is 13.0. The van der Waals surface area contributed by atoms with Gasteiger partial charge >= 0.3 is 11.9 Å². The molecule has 29 heavy (non-hydrogen) atoms. The first kappa shape index (κ1) is 20.6. The zero-order valence-corrected chi connectivity index (χ0v) is 17.7. The predicted octanol–water partition coefficient (Wildman–Crippen LogP) is 3.43. The number of esters is 2. The van der Waals surface area contributed by atoms with Crippen LogP contribution < -0.4 is 5.32 Å². The number of ether oxygens (including phenoxy) is 2. The summed E-state index contributed by atoms with van der Waals surface area (Å²) in [6.07, 6.45) is 1.86. The summed E-state index contributed by atoms with van der Waals surface area (Å²) in [5.41, 5.74) is 4.59. The van der Waals surface area contributed by atoms with Gasteiger partial charge < -0.3 is 14.8 Å². The van der Waals surface area contributed by atoms with E-state index in [4.69, 9.17) is 14.6 Å². The SMILES string of the molecule is CCOC(=O)C1=C(C)NC(C)=C(C(=O)OC)C1c1c(C(C)C)nn2ccccc12. The summed E-state index contributed by atoms with van der Waals surface area (Å²) in [5.74, 6) is -1.50. The van der Waals surface area contributed by atoms with Gasteiger partial charge in [-0.1, -0.05) is 19.9 Å². The largest absolute Gasteiger partial charge is 0.466 e. The van der Waals surface area contributed by atoms with Crippen molar-refractivity contribution < 1.29 is 19.1 Å². The predicted molar refractivity (Wildman–Crippen MR) is 109 cm³/mol. The molecule has 0 bridgehead atoms. The topological polar surface area (TPSA) is 81.9 Å². The number of hydrogen-bond acceptors (Lipinski definition) is 6. The number of dihydropyridines is 1. The first-order chi connectivity index (χ1) is 13.8. The van der Waals surface area contributed by atoms with Crippen LogP contribution in [-0.4, -0.2) is 35.3 Å². The number of aromatic nitrogens is 2. The molecule has 2 aromatic heterocycles. The van der Waals surface area contributed by atoms with E-state index in [-0.39, 0.29) is 12.5 Å². The Labute approximate surface area is 170 Å². The minimum atomic E-state index is -0.639. The Morgan fingerprint density at radius 1 is 1.17 bits per heavy atom. The summed E-state index contributed by atoms with van der Waals surface area (Å²) in [7, 11) is 1.34. The third kappa shape index (κ3) is 3.52. The molecular weight excluding hydrogens is 370 g/mol. The minimum absolute atomic E-state index is 0.0859. The fourth-order valence-corrected chi connectivity index (χ4v) is 3.90. The fraction of sp³-hybridized carbons (Fsp3) is 0.409. The lowest BCUT2D eigenvalue weighted by Crippen LogP contribution is -2.32. The number of carbonyl (C=O) groups excluding carboxylic acids is 2. The normalized spacial score (nSPS) is 17.0. The second-order valence-corrected chi connectivity index (χ2v) is 7.33. The van der Waals surface area contributed by atoms with Crippen molar-refractivity contribution in [1.82, 2.24) is 14.9 Å². The lowest BCUT2D eigenvalue weighted by atomic mass is 9.78. The molecule has 0 aromatic carbocycles. The van der Waals surface area contributed by atoms with E-state index in [1.165, 1.54) is 7.11 Å². The van der Waals surface area contributed by atoms with Crippen LogP contribution >= 0.6 is 0 Å². The van der Waals surface area contributed by atoms with E-state index in [9.17, 15) is 9.59 Å². The molecule has 2 aromatic rings. The Morgan fingerprint density at radius 2 is 1.83 bits per heavy atom. The molecule has 0 fully saturated rings. The van der Waals surface area contributed by atoms with Crippen molar-refractivity contribution in [1.29, 1.82) is 0 Å². The van der Waals surface area contributed by atoms with Gasteiger partial charge in [-0.3, -0.25) is 0 Å². The highest BCUT2D eigenvalue weighted by molar-refractivity contribution is 6.00. The summed E-state index contributed by atoms with van der Waals surface area (Å²) in [6, 6.07) is 5.76. The molecule has 3 heterocycles. The molecule has 0 aliphatic carbocycles. The Morgan fingerprint density at radius 3 is 2.41 bits per heavy atom. The van der Waals surface area contributed by atoms with E-state index in [1.807, 2.05) is 52.1 Å². The zero-order chi connectivity index (χ0) is 21.3. The van der Waals surface area contributed by atoms with E-state index in [1.54, 1.807) is 11.4 Å². The van der Waals surface area contributed by atoms with Gasteiger partial charge in [-0.05, 0) is 38.8 Å². The highest BCUT2D eigenvalue weighted by Crippen LogP contribution is 2.43. The fourth-order valence-electron chi connectivity index (χ4n) is 3.90. The highest BCUT2D eigenvalue weighted by atomic mass is 16.5. The number of rotatable bonds is 5. The molecule has 1 N–H and O–H groups in total. The second kappa shape index (κ2) is 8.11. The van der Waals surface area contributed by atoms with E-state index in [2.05, 4.69) is 5.32 Å². The number of nitrogens with zero attached hydrogens (tertiary/aromatic N) is 2. The van der Waals surface area contributed by atoms with Crippen molar-refractivity contribution in [2.75, 3.05) is 13.7 Å². The molecule has 0 saturated carbocycles. The molecule has 0 amide bonds. The first-order valence-electron chi connectivity index (χ1n) is 9.72. The van der Waals surface area contributed by atoms with Crippen LogP contribution in [0.15, 0.2) is 46.9 Å². The third-order valence-electron chi connectivity index (χ3n) is 5.10. The van der Waals surface area contributed by atoms with Gasteiger partial charge in [0, 0.05) is 23.2 Å². The zero-order valence-electron chi connectivity index (χ0n) is 17.7. The molecule has 7 heteroatoms. The monoisotopic (exact) mass is 397 g/mol. The summed E-state index contributed by atoms with van der Waals surface area (Å²) in [4.78, 5) is 25.8. The number of fused-ring (bicyclic) bond motifs is 1. The molecule has 0 radical (unpaired) electrons. The average Bonchev–Trinajstić information content (AvgIpc) is 3.06. The molecule has 154 valence electrons. The van der Waals surface area contributed by atoms with E-state index in [0.717, 1.165) is 16.8 Å². The summed E-state index contributed by atoms with van der Waals surface area (Å²) < 4.78 is 12.2. The van der Waals surface area contributed by atoms with Crippen molar-refractivity contribution in [3.63, 3.8) is 0 Å². The summed E-state index contributed by atoms with van der Waals surface area (Å²) in [6.45, 7) is 9.71. The van der Waals surface area contributed by atoms with E-state index in [0.29, 0.717) is 22.5 Å².